The summed E-state index contributed by atoms with van der Waals surface area (Å²) in [7, 11) is 0. The molecule has 0 radical (unpaired) electrons. The van der Waals surface area contributed by atoms with Crippen molar-refractivity contribution in [2.24, 2.45) is 0 Å². The van der Waals surface area contributed by atoms with Gasteiger partial charge >= 0.3 is 0 Å². The Morgan fingerprint density at radius 1 is 1.14 bits per heavy atom. The van der Waals surface area contributed by atoms with Gasteiger partial charge in [0.05, 0.1) is 6.10 Å². The molecule has 0 bridgehead atoms. The molecule has 2 aromatic rings. The third-order valence-electron chi connectivity index (χ3n) is 3.81. The molecule has 0 aromatic heterocycles. The topological polar surface area (TPSA) is 29.5 Å². The van der Waals surface area contributed by atoms with Crippen LogP contribution in [-0.4, -0.2) is 5.11 Å². The van der Waals surface area contributed by atoms with Crippen LogP contribution >= 0.6 is 0 Å². The van der Waals surface area contributed by atoms with Crippen molar-refractivity contribution >= 4 is 0 Å². The number of benzene rings is 2. The molecule has 1 atom stereocenters. The molecule has 110 valence electrons. The van der Waals surface area contributed by atoms with Gasteiger partial charge in [0.1, 0.15) is 24.0 Å². The quantitative estimate of drug-likeness (QED) is 0.928. The molecule has 4 heteroatoms. The zero-order valence-electron chi connectivity index (χ0n) is 11.5. The smallest absolute Gasteiger partial charge is 0.132 e. The van der Waals surface area contributed by atoms with E-state index in [1.165, 1.54) is 12.1 Å². The minimum atomic E-state index is -0.608. The lowest BCUT2D eigenvalue weighted by molar-refractivity contribution is 0.156. The second-order valence-electron chi connectivity index (χ2n) is 5.29. The molecule has 1 aliphatic rings. The van der Waals surface area contributed by atoms with Gasteiger partial charge in [-0.2, -0.15) is 0 Å². The lowest BCUT2D eigenvalue weighted by Gasteiger charge is -2.21. The van der Waals surface area contributed by atoms with E-state index in [4.69, 9.17) is 4.74 Å². The molecule has 1 N–H and O–H groups in total. The van der Waals surface area contributed by atoms with Crippen molar-refractivity contribution in [3.05, 3.63) is 64.7 Å². The fourth-order valence-corrected chi connectivity index (χ4v) is 2.65. The van der Waals surface area contributed by atoms with E-state index in [9.17, 15) is 13.9 Å². The summed E-state index contributed by atoms with van der Waals surface area (Å²) in [6.45, 7) is 0.0491. The molecule has 0 spiro atoms. The molecule has 2 nitrogen and oxygen atoms in total. The predicted molar refractivity (Wildman–Crippen MR) is 75.0 cm³/mol. The number of ether oxygens (including phenoxy) is 1. The Bertz CT molecular complexity index is 655. The van der Waals surface area contributed by atoms with Crippen LogP contribution < -0.4 is 4.74 Å². The summed E-state index contributed by atoms with van der Waals surface area (Å²) in [4.78, 5) is 0. The summed E-state index contributed by atoms with van der Waals surface area (Å²) in [6, 6.07) is 8.96. The Labute approximate surface area is 122 Å². The van der Waals surface area contributed by atoms with Gasteiger partial charge in [0, 0.05) is 11.6 Å². The average Bonchev–Trinajstić information content (AvgIpc) is 2.46. The van der Waals surface area contributed by atoms with Crippen molar-refractivity contribution in [2.75, 3.05) is 0 Å². The van der Waals surface area contributed by atoms with Gasteiger partial charge in [0.15, 0.2) is 0 Å². The van der Waals surface area contributed by atoms with E-state index in [-0.39, 0.29) is 6.61 Å². The zero-order chi connectivity index (χ0) is 14.8. The molecule has 21 heavy (non-hydrogen) atoms. The summed E-state index contributed by atoms with van der Waals surface area (Å²) >= 11 is 0. The van der Waals surface area contributed by atoms with Gasteiger partial charge in [-0.3, -0.25) is 0 Å². The molecular weight excluding hydrogens is 274 g/mol. The Balaban J connectivity index is 1.73. The highest BCUT2D eigenvalue weighted by Gasteiger charge is 2.18. The van der Waals surface area contributed by atoms with Crippen molar-refractivity contribution in [2.45, 2.75) is 32.0 Å². The lowest BCUT2D eigenvalue weighted by atomic mass is 9.89. The maximum absolute atomic E-state index is 13.5. The van der Waals surface area contributed by atoms with E-state index < -0.39 is 17.7 Å². The molecule has 0 saturated carbocycles. The van der Waals surface area contributed by atoms with E-state index in [1.807, 2.05) is 12.1 Å². The first-order valence-electron chi connectivity index (χ1n) is 7.01. The van der Waals surface area contributed by atoms with E-state index in [1.54, 1.807) is 6.07 Å². The number of aliphatic hydroxyl groups excluding tert-OH is 1. The molecule has 2 aromatic carbocycles. The van der Waals surface area contributed by atoms with Crippen molar-refractivity contribution in [3.8, 4) is 5.75 Å². The summed E-state index contributed by atoms with van der Waals surface area (Å²) in [5.41, 5.74) is 2.33. The van der Waals surface area contributed by atoms with Crippen LogP contribution in [0.25, 0.3) is 0 Å². The Kier molecular flexibility index (Phi) is 3.88. The largest absolute Gasteiger partial charge is 0.489 e. The molecule has 0 saturated heterocycles. The first kappa shape index (κ1) is 14.0. The van der Waals surface area contributed by atoms with Crippen LogP contribution in [0.2, 0.25) is 0 Å². The average molecular weight is 290 g/mol. The van der Waals surface area contributed by atoms with Gasteiger partial charge in [0.25, 0.3) is 0 Å². The normalized spacial score (nSPS) is 17.4. The number of aryl methyl sites for hydroxylation is 1. The monoisotopic (exact) mass is 290 g/mol. The number of fused-ring (bicyclic) bond motifs is 1. The number of hydrogen-bond acceptors (Lipinski definition) is 2. The predicted octanol–water partition coefficient (Wildman–Crippen LogP) is 3.91. The molecule has 0 fully saturated rings. The SMILES string of the molecule is OC1CCCc2cc(OCc3ccc(F)cc3F)ccc21. The summed E-state index contributed by atoms with van der Waals surface area (Å²) in [5.74, 6) is -0.575. The highest BCUT2D eigenvalue weighted by atomic mass is 19.1. The van der Waals surface area contributed by atoms with Crippen LogP contribution in [0.15, 0.2) is 36.4 Å². The van der Waals surface area contributed by atoms with Gasteiger partial charge in [-0.1, -0.05) is 6.07 Å². The van der Waals surface area contributed by atoms with Crippen LogP contribution in [0.5, 0.6) is 5.75 Å². The number of aliphatic hydroxyl groups is 1. The molecule has 3 rings (SSSR count). The number of hydrogen-bond donors (Lipinski definition) is 1. The van der Waals surface area contributed by atoms with E-state index in [0.717, 1.165) is 36.5 Å². The molecule has 0 heterocycles. The maximum atomic E-state index is 13.5. The van der Waals surface area contributed by atoms with Gasteiger partial charge in [0.2, 0.25) is 0 Å². The van der Waals surface area contributed by atoms with E-state index >= 15 is 0 Å². The van der Waals surface area contributed by atoms with Crippen molar-refractivity contribution in [1.29, 1.82) is 0 Å². The summed E-state index contributed by atoms with van der Waals surface area (Å²) in [6.07, 6.45) is 2.24. The summed E-state index contributed by atoms with van der Waals surface area (Å²) < 4.78 is 31.9. The molecule has 0 amide bonds. The van der Waals surface area contributed by atoms with Gasteiger partial charge in [-0.05, 0) is 54.7 Å². The zero-order valence-corrected chi connectivity index (χ0v) is 11.5. The third-order valence-corrected chi connectivity index (χ3v) is 3.81. The minimum Gasteiger partial charge on any atom is -0.489 e. The van der Waals surface area contributed by atoms with E-state index in [0.29, 0.717) is 11.3 Å². The van der Waals surface area contributed by atoms with Crippen molar-refractivity contribution < 1.29 is 18.6 Å². The van der Waals surface area contributed by atoms with Crippen LogP contribution in [0.3, 0.4) is 0 Å². The molecule has 1 aliphatic carbocycles. The fourth-order valence-electron chi connectivity index (χ4n) is 2.65. The lowest BCUT2D eigenvalue weighted by Crippen LogP contribution is -2.09. The Morgan fingerprint density at radius 3 is 2.81 bits per heavy atom. The summed E-state index contributed by atoms with van der Waals surface area (Å²) in [5, 5.41) is 9.90. The van der Waals surface area contributed by atoms with Crippen LogP contribution in [0, 0.1) is 11.6 Å². The second kappa shape index (κ2) is 5.82. The van der Waals surface area contributed by atoms with E-state index in [2.05, 4.69) is 0 Å². The standard InChI is InChI=1S/C17H16F2O2/c18-13-5-4-12(16(19)9-13)10-21-14-6-7-15-11(8-14)2-1-3-17(15)20/h4-9,17,20H,1-3,10H2. The van der Waals surface area contributed by atoms with Gasteiger partial charge in [-0.25, -0.2) is 8.78 Å². The van der Waals surface area contributed by atoms with Crippen LogP contribution in [0.1, 0.15) is 35.6 Å². The van der Waals surface area contributed by atoms with Crippen LogP contribution in [0.4, 0.5) is 8.78 Å². The fraction of sp³-hybridized carbons (Fsp3) is 0.294. The Hall–Kier alpha value is -1.94. The van der Waals surface area contributed by atoms with Crippen molar-refractivity contribution in [3.63, 3.8) is 0 Å². The second-order valence-corrected chi connectivity index (χ2v) is 5.29. The number of halogens is 2. The van der Waals surface area contributed by atoms with Gasteiger partial charge < -0.3 is 9.84 Å². The third kappa shape index (κ3) is 3.05. The molecular formula is C17H16F2O2. The van der Waals surface area contributed by atoms with Crippen molar-refractivity contribution in [1.82, 2.24) is 0 Å². The maximum Gasteiger partial charge on any atom is 0.132 e. The highest BCUT2D eigenvalue weighted by Crippen LogP contribution is 2.32. The highest BCUT2D eigenvalue weighted by molar-refractivity contribution is 5.38. The van der Waals surface area contributed by atoms with Crippen LogP contribution in [-0.2, 0) is 13.0 Å². The first-order valence-corrected chi connectivity index (χ1v) is 7.01. The minimum absolute atomic E-state index is 0.0491. The molecule has 1 unspecified atom stereocenters. The Morgan fingerprint density at radius 2 is 2.00 bits per heavy atom. The van der Waals surface area contributed by atoms with Gasteiger partial charge in [-0.15, -0.1) is 0 Å². The molecule has 0 aliphatic heterocycles. The first-order chi connectivity index (χ1) is 10.1. The number of rotatable bonds is 3.